The number of hydrogen-bond acceptors (Lipinski definition) is 5. The van der Waals surface area contributed by atoms with Crippen LogP contribution >= 0.6 is 11.8 Å². The van der Waals surface area contributed by atoms with E-state index in [2.05, 4.69) is 22.2 Å². The minimum absolute atomic E-state index is 0.580. The predicted octanol–water partition coefficient (Wildman–Crippen LogP) is 1.34. The first kappa shape index (κ1) is 10.8. The molecular weight excluding hydrogens is 210 g/mol. The fourth-order valence-electron chi connectivity index (χ4n) is 1.70. The third kappa shape index (κ3) is 2.46. The van der Waals surface area contributed by atoms with Gasteiger partial charge >= 0.3 is 0 Å². The molecule has 0 bridgehead atoms. The van der Waals surface area contributed by atoms with Crippen molar-refractivity contribution in [2.24, 2.45) is 0 Å². The average molecular weight is 227 g/mol. The molecule has 0 radical (unpaired) electrons. The van der Waals surface area contributed by atoms with E-state index in [-0.39, 0.29) is 0 Å². The van der Waals surface area contributed by atoms with Crippen LogP contribution in [0.2, 0.25) is 0 Å². The van der Waals surface area contributed by atoms with Crippen LogP contribution in [0.5, 0.6) is 0 Å². The lowest BCUT2D eigenvalue weighted by atomic mass is 10.2. The Balaban J connectivity index is 2.00. The van der Waals surface area contributed by atoms with Crippen LogP contribution in [0.15, 0.2) is 10.7 Å². The van der Waals surface area contributed by atoms with Crippen molar-refractivity contribution in [2.75, 3.05) is 30.5 Å². The van der Waals surface area contributed by atoms with E-state index in [0.29, 0.717) is 6.04 Å². The monoisotopic (exact) mass is 227 g/mol. The number of thioether (sulfide) groups is 1. The van der Waals surface area contributed by atoms with Gasteiger partial charge in [0.1, 0.15) is 6.26 Å². The topological polar surface area (TPSA) is 41.3 Å². The summed E-state index contributed by atoms with van der Waals surface area (Å²) in [5, 5.41) is 3.06. The summed E-state index contributed by atoms with van der Waals surface area (Å²) in [6.07, 6.45) is 2.95. The molecule has 1 aliphatic rings. The van der Waals surface area contributed by atoms with Crippen molar-refractivity contribution in [1.82, 2.24) is 10.3 Å². The van der Waals surface area contributed by atoms with Crippen LogP contribution < -0.4 is 10.2 Å². The average Bonchev–Trinajstić information content (AvgIpc) is 2.87. The quantitative estimate of drug-likeness (QED) is 0.840. The molecule has 0 aliphatic carbocycles. The zero-order valence-electron chi connectivity index (χ0n) is 9.19. The van der Waals surface area contributed by atoms with Gasteiger partial charge in [-0.3, -0.25) is 0 Å². The Morgan fingerprint density at radius 3 is 3.27 bits per heavy atom. The molecule has 1 aliphatic heterocycles. The molecule has 1 aromatic heterocycles. The largest absolute Gasteiger partial charge is 0.432 e. The molecule has 1 aromatic rings. The normalized spacial score (nSPS) is 20.8. The van der Waals surface area contributed by atoms with E-state index < -0.39 is 0 Å². The van der Waals surface area contributed by atoms with Crippen LogP contribution in [0.4, 0.5) is 6.01 Å². The summed E-state index contributed by atoms with van der Waals surface area (Å²) >= 11 is 2.00. The summed E-state index contributed by atoms with van der Waals surface area (Å²) in [7, 11) is 3.97. The summed E-state index contributed by atoms with van der Waals surface area (Å²) < 4.78 is 5.46. The summed E-state index contributed by atoms with van der Waals surface area (Å²) in [6.45, 7) is 0.761. The summed E-state index contributed by atoms with van der Waals surface area (Å²) in [5.41, 5.74) is 0.963. The Kier molecular flexibility index (Phi) is 3.53. The van der Waals surface area contributed by atoms with E-state index in [1.807, 2.05) is 18.8 Å². The van der Waals surface area contributed by atoms with Crippen molar-refractivity contribution in [3.05, 3.63) is 12.0 Å². The second-order valence-corrected chi connectivity index (χ2v) is 4.93. The van der Waals surface area contributed by atoms with Crippen LogP contribution in [0, 0.1) is 0 Å². The van der Waals surface area contributed by atoms with E-state index in [1.54, 1.807) is 6.26 Å². The Morgan fingerprint density at radius 2 is 2.60 bits per heavy atom. The van der Waals surface area contributed by atoms with Gasteiger partial charge in [-0.2, -0.15) is 16.7 Å². The number of nitrogens with one attached hydrogen (secondary N) is 1. The standard InChI is InChI=1S/C10H17N3OS/c1-11-5-8-6-14-10(12-8)13(2)9-3-4-15-7-9/h6,9,11H,3-5,7H2,1-2H3. The van der Waals surface area contributed by atoms with Crippen molar-refractivity contribution in [3.8, 4) is 0 Å². The van der Waals surface area contributed by atoms with Crippen molar-refractivity contribution in [1.29, 1.82) is 0 Å². The third-order valence-electron chi connectivity index (χ3n) is 2.65. The van der Waals surface area contributed by atoms with Gasteiger partial charge < -0.3 is 14.6 Å². The van der Waals surface area contributed by atoms with Gasteiger partial charge in [0.25, 0.3) is 6.01 Å². The molecule has 4 nitrogen and oxygen atoms in total. The van der Waals surface area contributed by atoms with E-state index >= 15 is 0 Å². The first-order valence-corrected chi connectivity index (χ1v) is 6.36. The lowest BCUT2D eigenvalue weighted by Gasteiger charge is -2.21. The Labute approximate surface area is 94.4 Å². The van der Waals surface area contributed by atoms with Gasteiger partial charge in [0, 0.05) is 25.4 Å². The second-order valence-electron chi connectivity index (χ2n) is 3.78. The molecule has 84 valence electrons. The maximum absolute atomic E-state index is 5.46. The summed E-state index contributed by atoms with van der Waals surface area (Å²) in [5.74, 6) is 2.43. The molecule has 2 heterocycles. The number of nitrogens with zero attached hydrogens (tertiary/aromatic N) is 2. The highest BCUT2D eigenvalue weighted by atomic mass is 32.2. The highest BCUT2D eigenvalue weighted by Crippen LogP contribution is 2.25. The summed E-state index contributed by atoms with van der Waals surface area (Å²) in [4.78, 5) is 6.58. The molecule has 15 heavy (non-hydrogen) atoms. The predicted molar refractivity (Wildman–Crippen MR) is 63.4 cm³/mol. The van der Waals surface area contributed by atoms with E-state index in [1.165, 1.54) is 17.9 Å². The van der Waals surface area contributed by atoms with Crippen LogP contribution in [-0.4, -0.2) is 36.6 Å². The number of anilines is 1. The molecule has 0 amide bonds. The smallest absolute Gasteiger partial charge is 0.297 e. The molecule has 1 N–H and O–H groups in total. The SMILES string of the molecule is CNCc1coc(N(C)C2CCSC2)n1. The molecule has 1 saturated heterocycles. The molecule has 1 fully saturated rings. The molecule has 5 heteroatoms. The zero-order valence-corrected chi connectivity index (χ0v) is 10.0. The molecule has 1 atom stereocenters. The molecule has 0 aromatic carbocycles. The fraction of sp³-hybridized carbons (Fsp3) is 0.700. The van der Waals surface area contributed by atoms with Gasteiger partial charge in [0.05, 0.1) is 5.69 Å². The summed E-state index contributed by atoms with van der Waals surface area (Å²) in [6, 6.07) is 1.32. The van der Waals surface area contributed by atoms with Crippen molar-refractivity contribution < 1.29 is 4.42 Å². The molecular formula is C10H17N3OS. The Morgan fingerprint density at radius 1 is 1.73 bits per heavy atom. The van der Waals surface area contributed by atoms with Gasteiger partial charge in [-0.1, -0.05) is 0 Å². The van der Waals surface area contributed by atoms with Crippen LogP contribution in [0.25, 0.3) is 0 Å². The van der Waals surface area contributed by atoms with Gasteiger partial charge in [0.15, 0.2) is 0 Å². The number of oxazole rings is 1. The van der Waals surface area contributed by atoms with E-state index in [0.717, 1.165) is 18.3 Å². The van der Waals surface area contributed by atoms with Gasteiger partial charge in [-0.15, -0.1) is 0 Å². The van der Waals surface area contributed by atoms with Crippen molar-refractivity contribution in [3.63, 3.8) is 0 Å². The van der Waals surface area contributed by atoms with Gasteiger partial charge in [-0.25, -0.2) is 0 Å². The van der Waals surface area contributed by atoms with Crippen LogP contribution in [-0.2, 0) is 6.54 Å². The highest BCUT2D eigenvalue weighted by molar-refractivity contribution is 7.99. The maximum atomic E-state index is 5.46. The van der Waals surface area contributed by atoms with Crippen LogP contribution in [0.3, 0.4) is 0 Å². The maximum Gasteiger partial charge on any atom is 0.297 e. The van der Waals surface area contributed by atoms with Crippen molar-refractivity contribution >= 4 is 17.8 Å². The molecule has 2 rings (SSSR count). The molecule has 0 spiro atoms. The number of rotatable bonds is 4. The lowest BCUT2D eigenvalue weighted by molar-refractivity contribution is 0.522. The minimum atomic E-state index is 0.580. The zero-order chi connectivity index (χ0) is 10.7. The fourth-order valence-corrected chi connectivity index (χ4v) is 2.97. The lowest BCUT2D eigenvalue weighted by Crippen LogP contribution is -2.31. The highest BCUT2D eigenvalue weighted by Gasteiger charge is 2.23. The number of aromatic nitrogens is 1. The van der Waals surface area contributed by atoms with Gasteiger partial charge in [0.2, 0.25) is 0 Å². The number of hydrogen-bond donors (Lipinski definition) is 1. The molecule has 0 saturated carbocycles. The second kappa shape index (κ2) is 4.90. The molecule has 1 unspecified atom stereocenters. The van der Waals surface area contributed by atoms with E-state index in [9.17, 15) is 0 Å². The third-order valence-corrected chi connectivity index (χ3v) is 3.80. The first-order valence-electron chi connectivity index (χ1n) is 5.21. The minimum Gasteiger partial charge on any atom is -0.432 e. The Hall–Kier alpha value is -0.680. The van der Waals surface area contributed by atoms with Crippen LogP contribution in [0.1, 0.15) is 12.1 Å². The van der Waals surface area contributed by atoms with E-state index in [4.69, 9.17) is 4.42 Å². The first-order chi connectivity index (χ1) is 7.31. The Bertz CT molecular complexity index is 309. The van der Waals surface area contributed by atoms with Crippen molar-refractivity contribution in [2.45, 2.75) is 19.0 Å². The van der Waals surface area contributed by atoms with Gasteiger partial charge in [-0.05, 0) is 19.2 Å².